The van der Waals surface area contributed by atoms with Crippen LogP contribution >= 0.6 is 0 Å². The zero-order valence-corrected chi connectivity index (χ0v) is 12.2. The molecular weight excluding hydrogens is 252 g/mol. The van der Waals surface area contributed by atoms with Crippen molar-refractivity contribution in [3.05, 3.63) is 41.0 Å². The van der Waals surface area contributed by atoms with Crippen LogP contribution in [0.1, 0.15) is 28.4 Å². The molecule has 0 unspecified atom stereocenters. The number of fused-ring (bicyclic) bond motifs is 1. The maximum absolute atomic E-state index is 12.2. The third-order valence-corrected chi connectivity index (χ3v) is 3.53. The van der Waals surface area contributed by atoms with E-state index in [1.807, 2.05) is 32.9 Å². The minimum absolute atomic E-state index is 0.384. The van der Waals surface area contributed by atoms with Gasteiger partial charge in [-0.15, -0.1) is 0 Å². The fourth-order valence-corrected chi connectivity index (χ4v) is 2.49. The van der Waals surface area contributed by atoms with Gasteiger partial charge in [-0.1, -0.05) is 25.6 Å². The number of hydrogen-bond donors (Lipinski definition) is 1. The van der Waals surface area contributed by atoms with E-state index in [0.29, 0.717) is 18.7 Å². The number of nitrogens with one attached hydrogen (secondary N) is 1. The van der Waals surface area contributed by atoms with Crippen molar-refractivity contribution < 1.29 is 9.59 Å². The van der Waals surface area contributed by atoms with E-state index in [2.05, 4.69) is 11.9 Å². The van der Waals surface area contributed by atoms with Crippen molar-refractivity contribution in [1.29, 1.82) is 0 Å². The second-order valence-electron chi connectivity index (χ2n) is 5.17. The summed E-state index contributed by atoms with van der Waals surface area (Å²) in [5.74, 6) is -0.854. The molecule has 1 aromatic rings. The van der Waals surface area contributed by atoms with Crippen molar-refractivity contribution in [2.45, 2.75) is 20.8 Å². The van der Waals surface area contributed by atoms with Gasteiger partial charge in [0.2, 0.25) is 0 Å². The number of likely N-dealkylation sites (N-methyl/N-ethyl adjacent to an activating group) is 1. The van der Waals surface area contributed by atoms with Gasteiger partial charge in [0.25, 0.3) is 11.7 Å². The fourth-order valence-electron chi connectivity index (χ4n) is 2.49. The average Bonchev–Trinajstić information content (AvgIpc) is 2.67. The highest BCUT2D eigenvalue weighted by atomic mass is 16.2. The molecule has 0 saturated heterocycles. The van der Waals surface area contributed by atoms with E-state index in [0.717, 1.165) is 28.9 Å². The van der Waals surface area contributed by atoms with Gasteiger partial charge in [-0.05, 0) is 37.1 Å². The molecule has 1 heterocycles. The lowest BCUT2D eigenvalue weighted by molar-refractivity contribution is -0.114. The minimum Gasteiger partial charge on any atom is -0.313 e. The van der Waals surface area contributed by atoms with Crippen LogP contribution in [0.4, 0.5) is 5.69 Å². The molecule has 1 aliphatic rings. The third-order valence-electron chi connectivity index (χ3n) is 3.53. The zero-order valence-electron chi connectivity index (χ0n) is 12.2. The van der Waals surface area contributed by atoms with Gasteiger partial charge in [0.05, 0.1) is 11.3 Å². The molecular formula is C16H20N2O2. The van der Waals surface area contributed by atoms with Gasteiger partial charge in [-0.25, -0.2) is 0 Å². The molecule has 2 rings (SSSR count). The smallest absolute Gasteiger partial charge is 0.299 e. The summed E-state index contributed by atoms with van der Waals surface area (Å²) in [6, 6.07) is 3.83. The van der Waals surface area contributed by atoms with Crippen LogP contribution in [0.15, 0.2) is 24.3 Å². The summed E-state index contributed by atoms with van der Waals surface area (Å²) in [5, 5.41) is 3.18. The monoisotopic (exact) mass is 272 g/mol. The molecule has 4 nitrogen and oxygen atoms in total. The molecule has 1 N–H and O–H groups in total. The molecule has 0 fully saturated rings. The fraction of sp³-hybridized carbons (Fsp3) is 0.375. The molecule has 0 atom stereocenters. The van der Waals surface area contributed by atoms with Crippen LogP contribution in [-0.4, -0.2) is 31.3 Å². The molecule has 0 aliphatic carbocycles. The number of Topliss-reactive ketones (excluding diaryl/α,β-unsaturated/α-hetero) is 1. The van der Waals surface area contributed by atoms with E-state index >= 15 is 0 Å². The molecule has 20 heavy (non-hydrogen) atoms. The van der Waals surface area contributed by atoms with Crippen LogP contribution < -0.4 is 10.2 Å². The summed E-state index contributed by atoms with van der Waals surface area (Å²) in [6.07, 6.45) is 0. The summed E-state index contributed by atoms with van der Waals surface area (Å²) in [5.41, 5.74) is 3.98. The number of nitrogens with zero attached hydrogens (tertiary/aromatic N) is 1. The third kappa shape index (κ3) is 2.39. The lowest BCUT2D eigenvalue weighted by Gasteiger charge is -2.20. The number of benzene rings is 1. The summed E-state index contributed by atoms with van der Waals surface area (Å²) in [6.45, 7) is 11.6. The van der Waals surface area contributed by atoms with Crippen molar-refractivity contribution in [3.8, 4) is 0 Å². The number of aryl methyl sites for hydroxylation is 2. The van der Waals surface area contributed by atoms with E-state index in [4.69, 9.17) is 0 Å². The standard InChI is InChI=1S/C16H20N2O2/c1-5-17-8-10(2)9-18-14-12(4)7-6-11(3)13(14)15(19)16(18)20/h6-7,17H,2,5,8-9H2,1,3-4H3. The number of amides is 1. The van der Waals surface area contributed by atoms with E-state index in [-0.39, 0.29) is 0 Å². The lowest BCUT2D eigenvalue weighted by Crippen LogP contribution is -2.33. The Labute approximate surface area is 119 Å². The summed E-state index contributed by atoms with van der Waals surface area (Å²) >= 11 is 0. The SMILES string of the molecule is C=C(CNCC)CN1C(=O)C(=O)c2c(C)ccc(C)c21. The number of anilines is 1. The maximum atomic E-state index is 12.2. The molecule has 0 aromatic heterocycles. The second-order valence-corrected chi connectivity index (χ2v) is 5.17. The van der Waals surface area contributed by atoms with Gasteiger partial charge in [-0.2, -0.15) is 0 Å². The van der Waals surface area contributed by atoms with Crippen molar-refractivity contribution >= 4 is 17.4 Å². The number of hydrogen-bond acceptors (Lipinski definition) is 3. The molecule has 0 bridgehead atoms. The van der Waals surface area contributed by atoms with Crippen molar-refractivity contribution in [2.75, 3.05) is 24.5 Å². The Balaban J connectivity index is 2.34. The predicted molar refractivity (Wildman–Crippen MR) is 80.3 cm³/mol. The molecule has 0 radical (unpaired) electrons. The molecule has 1 aliphatic heterocycles. The lowest BCUT2D eigenvalue weighted by atomic mass is 10.0. The highest BCUT2D eigenvalue weighted by molar-refractivity contribution is 6.52. The van der Waals surface area contributed by atoms with Gasteiger partial charge >= 0.3 is 0 Å². The average molecular weight is 272 g/mol. The van der Waals surface area contributed by atoms with Crippen LogP contribution in [0.5, 0.6) is 0 Å². The van der Waals surface area contributed by atoms with Crippen LogP contribution in [0, 0.1) is 13.8 Å². The second kappa shape index (κ2) is 5.59. The predicted octanol–water partition coefficient (Wildman–Crippen LogP) is 2.00. The summed E-state index contributed by atoms with van der Waals surface area (Å²) < 4.78 is 0. The molecule has 1 aromatic carbocycles. The Morgan fingerprint density at radius 1 is 1.25 bits per heavy atom. The Kier molecular flexibility index (Phi) is 4.04. The van der Waals surface area contributed by atoms with Gasteiger partial charge in [-0.3, -0.25) is 9.59 Å². The van der Waals surface area contributed by atoms with Crippen LogP contribution in [0.3, 0.4) is 0 Å². The first-order valence-corrected chi connectivity index (χ1v) is 6.81. The normalized spacial score (nSPS) is 13.8. The molecule has 4 heteroatoms. The van der Waals surface area contributed by atoms with E-state index in [1.54, 1.807) is 4.90 Å². The van der Waals surface area contributed by atoms with Crippen LogP contribution in [0.2, 0.25) is 0 Å². The van der Waals surface area contributed by atoms with Crippen LogP contribution in [0.25, 0.3) is 0 Å². The highest BCUT2D eigenvalue weighted by Crippen LogP contribution is 2.34. The van der Waals surface area contributed by atoms with Crippen molar-refractivity contribution in [2.24, 2.45) is 0 Å². The van der Waals surface area contributed by atoms with Gasteiger partial charge in [0.15, 0.2) is 0 Å². The van der Waals surface area contributed by atoms with Gasteiger partial charge in [0.1, 0.15) is 0 Å². The topological polar surface area (TPSA) is 49.4 Å². The highest BCUT2D eigenvalue weighted by Gasteiger charge is 2.38. The van der Waals surface area contributed by atoms with Crippen LogP contribution in [-0.2, 0) is 4.79 Å². The Hall–Kier alpha value is -1.94. The molecule has 0 spiro atoms. The summed E-state index contributed by atoms with van der Waals surface area (Å²) in [4.78, 5) is 25.9. The van der Waals surface area contributed by atoms with Crippen molar-refractivity contribution in [1.82, 2.24) is 5.32 Å². The maximum Gasteiger partial charge on any atom is 0.299 e. The van der Waals surface area contributed by atoms with E-state index in [1.165, 1.54) is 0 Å². The zero-order chi connectivity index (χ0) is 14.9. The quantitative estimate of drug-likeness (QED) is 0.659. The Morgan fingerprint density at radius 3 is 2.55 bits per heavy atom. The van der Waals surface area contributed by atoms with Gasteiger partial charge in [0, 0.05) is 13.1 Å². The summed E-state index contributed by atoms with van der Waals surface area (Å²) in [7, 11) is 0. The molecule has 1 amide bonds. The Morgan fingerprint density at radius 2 is 1.90 bits per heavy atom. The molecule has 106 valence electrons. The number of rotatable bonds is 5. The first-order chi connectivity index (χ1) is 9.47. The Bertz CT molecular complexity index is 590. The van der Waals surface area contributed by atoms with E-state index in [9.17, 15) is 9.59 Å². The largest absolute Gasteiger partial charge is 0.313 e. The number of ketones is 1. The first-order valence-electron chi connectivity index (χ1n) is 6.81. The van der Waals surface area contributed by atoms with Gasteiger partial charge < -0.3 is 10.2 Å². The van der Waals surface area contributed by atoms with Crippen molar-refractivity contribution in [3.63, 3.8) is 0 Å². The van der Waals surface area contributed by atoms with E-state index < -0.39 is 11.7 Å². The molecule has 0 saturated carbocycles. The first kappa shape index (κ1) is 14.5. The number of carbonyl (C=O) groups excluding carboxylic acids is 2. The number of carbonyl (C=O) groups is 2. The minimum atomic E-state index is -0.449.